The number of benzene rings is 2. The van der Waals surface area contributed by atoms with Crippen LogP contribution in [0.15, 0.2) is 72.9 Å². The Kier molecular flexibility index (Phi) is 6.63. The summed E-state index contributed by atoms with van der Waals surface area (Å²) in [5.74, 6) is 1.50. The van der Waals surface area contributed by atoms with Crippen LogP contribution in [0.2, 0.25) is 0 Å². The number of anilines is 1. The van der Waals surface area contributed by atoms with Crippen molar-refractivity contribution in [2.24, 2.45) is 0 Å². The molecule has 0 saturated carbocycles. The molecule has 0 unspecified atom stereocenters. The molecule has 3 rings (SSSR count). The molecule has 5 heteroatoms. The Morgan fingerprint density at radius 3 is 2.61 bits per heavy atom. The first-order chi connectivity index (χ1) is 13.7. The van der Waals surface area contributed by atoms with Crippen molar-refractivity contribution < 1.29 is 9.53 Å². The van der Waals surface area contributed by atoms with Crippen LogP contribution in [0.1, 0.15) is 21.5 Å². The monoisotopic (exact) mass is 375 g/mol. The van der Waals surface area contributed by atoms with Gasteiger partial charge in [-0.05, 0) is 35.7 Å². The van der Waals surface area contributed by atoms with Gasteiger partial charge in [-0.1, -0.05) is 48.5 Å². The topological polar surface area (TPSA) is 54.5 Å². The van der Waals surface area contributed by atoms with Crippen LogP contribution in [0.4, 0.5) is 5.82 Å². The van der Waals surface area contributed by atoms with E-state index >= 15 is 0 Å². The lowest BCUT2D eigenvalue weighted by molar-refractivity contribution is 0.0954. The Morgan fingerprint density at radius 2 is 1.82 bits per heavy atom. The highest BCUT2D eigenvalue weighted by Gasteiger charge is 2.10. The third-order valence-corrected chi connectivity index (χ3v) is 4.53. The number of nitrogens with one attached hydrogen (secondary N) is 1. The van der Waals surface area contributed by atoms with Crippen LogP contribution >= 0.6 is 0 Å². The third kappa shape index (κ3) is 5.10. The standard InChI is InChI=1S/C23H25N3O2/c1-26(17-18-8-4-3-5-9-18)22-16-20(13-14-24-22)23(27)25-15-12-19-10-6-7-11-21(19)28-2/h3-11,13-14,16H,12,15,17H2,1-2H3,(H,25,27). The number of methoxy groups -OCH3 is 1. The van der Waals surface area contributed by atoms with Gasteiger partial charge in [0.1, 0.15) is 11.6 Å². The number of amides is 1. The van der Waals surface area contributed by atoms with Crippen LogP contribution in [-0.4, -0.2) is 31.6 Å². The van der Waals surface area contributed by atoms with E-state index in [1.807, 2.05) is 60.5 Å². The zero-order valence-electron chi connectivity index (χ0n) is 16.3. The van der Waals surface area contributed by atoms with Crippen molar-refractivity contribution in [1.29, 1.82) is 0 Å². The summed E-state index contributed by atoms with van der Waals surface area (Å²) in [5.41, 5.74) is 2.87. The fraction of sp³-hybridized carbons (Fsp3) is 0.217. The van der Waals surface area contributed by atoms with Gasteiger partial charge >= 0.3 is 0 Å². The second-order valence-corrected chi connectivity index (χ2v) is 6.56. The van der Waals surface area contributed by atoms with Crippen molar-refractivity contribution >= 4 is 11.7 Å². The molecule has 0 aliphatic carbocycles. The van der Waals surface area contributed by atoms with E-state index in [0.29, 0.717) is 18.5 Å². The Balaban J connectivity index is 1.59. The molecule has 0 aliphatic heterocycles. The first kappa shape index (κ1) is 19.4. The van der Waals surface area contributed by atoms with Gasteiger partial charge in [-0.25, -0.2) is 4.98 Å². The maximum Gasteiger partial charge on any atom is 0.251 e. The normalized spacial score (nSPS) is 10.4. The Morgan fingerprint density at radius 1 is 1.07 bits per heavy atom. The number of pyridine rings is 1. The number of para-hydroxylation sites is 1. The van der Waals surface area contributed by atoms with Gasteiger partial charge in [0.05, 0.1) is 7.11 Å². The van der Waals surface area contributed by atoms with Gasteiger partial charge < -0.3 is 15.0 Å². The number of nitrogens with zero attached hydrogens (tertiary/aromatic N) is 2. The minimum Gasteiger partial charge on any atom is -0.496 e. The lowest BCUT2D eigenvalue weighted by atomic mass is 10.1. The van der Waals surface area contributed by atoms with Crippen molar-refractivity contribution in [2.75, 3.05) is 25.6 Å². The maximum absolute atomic E-state index is 12.5. The maximum atomic E-state index is 12.5. The van der Waals surface area contributed by atoms with Gasteiger partial charge in [-0.15, -0.1) is 0 Å². The molecule has 0 aliphatic rings. The quantitative estimate of drug-likeness (QED) is 0.652. The summed E-state index contributed by atoms with van der Waals surface area (Å²) in [4.78, 5) is 19.0. The Hall–Kier alpha value is -3.34. The SMILES string of the molecule is COc1ccccc1CCNC(=O)c1ccnc(N(C)Cc2ccccc2)c1. The third-order valence-electron chi connectivity index (χ3n) is 4.53. The van der Waals surface area contributed by atoms with Crippen molar-refractivity contribution in [3.05, 3.63) is 89.6 Å². The molecule has 3 aromatic rings. The van der Waals surface area contributed by atoms with E-state index in [4.69, 9.17) is 4.74 Å². The van der Waals surface area contributed by atoms with E-state index in [2.05, 4.69) is 22.4 Å². The molecule has 1 heterocycles. The number of rotatable bonds is 8. The molecule has 0 spiro atoms. The highest BCUT2D eigenvalue weighted by molar-refractivity contribution is 5.94. The lowest BCUT2D eigenvalue weighted by Gasteiger charge is -2.18. The van der Waals surface area contributed by atoms with E-state index in [0.717, 1.165) is 23.7 Å². The van der Waals surface area contributed by atoms with Gasteiger partial charge in [0.25, 0.3) is 5.91 Å². The number of carbonyl (C=O) groups is 1. The van der Waals surface area contributed by atoms with Crippen molar-refractivity contribution in [3.63, 3.8) is 0 Å². The lowest BCUT2D eigenvalue weighted by Crippen LogP contribution is -2.26. The Bertz CT molecular complexity index is 912. The highest BCUT2D eigenvalue weighted by Crippen LogP contribution is 2.17. The van der Waals surface area contributed by atoms with E-state index < -0.39 is 0 Å². The summed E-state index contributed by atoms with van der Waals surface area (Å²) >= 11 is 0. The minimum absolute atomic E-state index is 0.105. The smallest absolute Gasteiger partial charge is 0.251 e. The van der Waals surface area contributed by atoms with E-state index in [9.17, 15) is 4.79 Å². The molecule has 5 nitrogen and oxygen atoms in total. The molecule has 0 saturated heterocycles. The van der Waals surface area contributed by atoms with Crippen molar-refractivity contribution in [2.45, 2.75) is 13.0 Å². The molecule has 0 bridgehead atoms. The molecule has 1 aromatic heterocycles. The minimum atomic E-state index is -0.105. The van der Waals surface area contributed by atoms with Crippen LogP contribution in [0.25, 0.3) is 0 Å². The summed E-state index contributed by atoms with van der Waals surface area (Å²) in [6, 6.07) is 21.6. The number of hydrogen-bond donors (Lipinski definition) is 1. The summed E-state index contributed by atoms with van der Waals surface area (Å²) in [6.07, 6.45) is 2.38. The van der Waals surface area contributed by atoms with Crippen molar-refractivity contribution in [3.8, 4) is 5.75 Å². The van der Waals surface area contributed by atoms with Crippen LogP contribution < -0.4 is 15.0 Å². The van der Waals surface area contributed by atoms with Gasteiger partial charge in [-0.3, -0.25) is 4.79 Å². The molecule has 2 aromatic carbocycles. The Labute approximate surface area is 166 Å². The molecule has 28 heavy (non-hydrogen) atoms. The van der Waals surface area contributed by atoms with Crippen LogP contribution in [0, 0.1) is 0 Å². The summed E-state index contributed by atoms with van der Waals surface area (Å²) < 4.78 is 5.35. The summed E-state index contributed by atoms with van der Waals surface area (Å²) in [7, 11) is 3.63. The molecule has 0 fully saturated rings. The van der Waals surface area contributed by atoms with Gasteiger partial charge in [0.15, 0.2) is 0 Å². The molecule has 1 N–H and O–H groups in total. The molecular weight excluding hydrogens is 350 g/mol. The predicted molar refractivity (Wildman–Crippen MR) is 112 cm³/mol. The summed E-state index contributed by atoms with van der Waals surface area (Å²) in [5, 5.41) is 2.97. The number of ether oxygens (including phenoxy) is 1. The van der Waals surface area contributed by atoms with Crippen molar-refractivity contribution in [1.82, 2.24) is 10.3 Å². The fourth-order valence-corrected chi connectivity index (χ4v) is 3.03. The van der Waals surface area contributed by atoms with Crippen LogP contribution in [0.3, 0.4) is 0 Å². The zero-order valence-corrected chi connectivity index (χ0v) is 16.3. The first-order valence-electron chi connectivity index (χ1n) is 9.28. The largest absolute Gasteiger partial charge is 0.496 e. The van der Waals surface area contributed by atoms with E-state index in [1.165, 1.54) is 5.56 Å². The average Bonchev–Trinajstić information content (AvgIpc) is 2.75. The second kappa shape index (κ2) is 9.55. The summed E-state index contributed by atoms with van der Waals surface area (Å²) in [6.45, 7) is 1.27. The van der Waals surface area contributed by atoms with Gasteiger partial charge in [0.2, 0.25) is 0 Å². The van der Waals surface area contributed by atoms with Crippen LogP contribution in [-0.2, 0) is 13.0 Å². The number of aromatic nitrogens is 1. The predicted octanol–water partition coefficient (Wildman–Crippen LogP) is 3.70. The van der Waals surface area contributed by atoms with E-state index in [-0.39, 0.29) is 5.91 Å². The zero-order chi connectivity index (χ0) is 19.8. The van der Waals surface area contributed by atoms with Crippen LogP contribution in [0.5, 0.6) is 5.75 Å². The first-order valence-corrected chi connectivity index (χ1v) is 9.28. The molecule has 1 amide bonds. The second-order valence-electron chi connectivity index (χ2n) is 6.56. The molecule has 144 valence electrons. The molecule has 0 radical (unpaired) electrons. The number of carbonyl (C=O) groups excluding carboxylic acids is 1. The molecular formula is C23H25N3O2. The average molecular weight is 375 g/mol. The van der Waals surface area contributed by atoms with E-state index in [1.54, 1.807) is 19.4 Å². The van der Waals surface area contributed by atoms with Gasteiger partial charge in [0, 0.05) is 31.9 Å². The van der Waals surface area contributed by atoms with Gasteiger partial charge in [-0.2, -0.15) is 0 Å². The highest BCUT2D eigenvalue weighted by atomic mass is 16.5. The number of hydrogen-bond acceptors (Lipinski definition) is 4. The fourth-order valence-electron chi connectivity index (χ4n) is 3.03. The molecule has 0 atom stereocenters.